The van der Waals surface area contributed by atoms with Gasteiger partial charge in [-0.15, -0.1) is 0 Å². The quantitative estimate of drug-likeness (QED) is 0.755. The van der Waals surface area contributed by atoms with Crippen molar-refractivity contribution < 1.29 is 9.53 Å². The summed E-state index contributed by atoms with van der Waals surface area (Å²) >= 11 is 0. The van der Waals surface area contributed by atoms with Crippen molar-refractivity contribution in [2.24, 2.45) is 4.99 Å². The van der Waals surface area contributed by atoms with E-state index in [-0.39, 0.29) is 5.91 Å². The smallest absolute Gasteiger partial charge is 0.226 e. The Kier molecular flexibility index (Phi) is 6.20. The van der Waals surface area contributed by atoms with E-state index in [1.54, 1.807) is 0 Å². The fourth-order valence-electron chi connectivity index (χ4n) is 3.64. The van der Waals surface area contributed by atoms with Crippen molar-refractivity contribution in [1.82, 2.24) is 4.90 Å². The van der Waals surface area contributed by atoms with Crippen LogP contribution in [0.5, 0.6) is 0 Å². The fraction of sp³-hybridized carbons (Fsp3) is 0.280. The SMILES string of the molecule is O=C(C/C=C/c1ccccc1)N1CCC(=Cc2ccc(C3=NCCO3)cc2)CC1. The van der Waals surface area contributed by atoms with Crippen molar-refractivity contribution in [1.29, 1.82) is 0 Å². The van der Waals surface area contributed by atoms with Gasteiger partial charge in [0.2, 0.25) is 11.8 Å². The van der Waals surface area contributed by atoms with Gasteiger partial charge >= 0.3 is 0 Å². The maximum absolute atomic E-state index is 12.4. The number of aliphatic imine (C=N–C) groups is 1. The fourth-order valence-corrected chi connectivity index (χ4v) is 3.64. The van der Waals surface area contributed by atoms with E-state index >= 15 is 0 Å². The molecule has 2 aliphatic rings. The van der Waals surface area contributed by atoms with Gasteiger partial charge in [0.1, 0.15) is 6.61 Å². The van der Waals surface area contributed by atoms with Gasteiger partial charge in [0.15, 0.2) is 0 Å². The van der Waals surface area contributed by atoms with Crippen LogP contribution >= 0.6 is 0 Å². The van der Waals surface area contributed by atoms with E-state index in [0.29, 0.717) is 13.0 Å². The van der Waals surface area contributed by atoms with Crippen LogP contribution in [0.15, 0.2) is 71.2 Å². The molecule has 1 fully saturated rings. The normalized spacial score (nSPS) is 16.6. The van der Waals surface area contributed by atoms with Crippen LogP contribution in [0.25, 0.3) is 12.2 Å². The summed E-state index contributed by atoms with van der Waals surface area (Å²) in [7, 11) is 0. The summed E-state index contributed by atoms with van der Waals surface area (Å²) < 4.78 is 5.51. The summed E-state index contributed by atoms with van der Waals surface area (Å²) in [6.07, 6.45) is 8.55. The van der Waals surface area contributed by atoms with Crippen LogP contribution in [0, 0.1) is 0 Å². The first-order chi connectivity index (χ1) is 14.3. The Morgan fingerprint density at radius 1 is 1.00 bits per heavy atom. The summed E-state index contributed by atoms with van der Waals surface area (Å²) in [4.78, 5) is 18.8. The maximum Gasteiger partial charge on any atom is 0.226 e. The molecule has 148 valence electrons. The molecule has 4 nitrogen and oxygen atoms in total. The zero-order valence-electron chi connectivity index (χ0n) is 16.6. The third kappa shape index (κ3) is 5.23. The number of piperidine rings is 1. The molecule has 0 aliphatic carbocycles. The largest absolute Gasteiger partial charge is 0.476 e. The Morgan fingerprint density at radius 2 is 1.76 bits per heavy atom. The monoisotopic (exact) mass is 386 g/mol. The number of carbonyl (C=O) groups is 1. The molecule has 0 atom stereocenters. The van der Waals surface area contributed by atoms with Crippen molar-refractivity contribution in [2.75, 3.05) is 26.2 Å². The number of nitrogens with zero attached hydrogens (tertiary/aromatic N) is 2. The van der Waals surface area contributed by atoms with Crippen molar-refractivity contribution in [3.8, 4) is 0 Å². The summed E-state index contributed by atoms with van der Waals surface area (Å²) in [5.74, 6) is 0.954. The molecule has 29 heavy (non-hydrogen) atoms. The molecule has 1 amide bonds. The first-order valence-electron chi connectivity index (χ1n) is 10.2. The number of ether oxygens (including phenoxy) is 1. The minimum Gasteiger partial charge on any atom is -0.476 e. The Hall–Kier alpha value is -3.14. The predicted octanol–water partition coefficient (Wildman–Crippen LogP) is 4.57. The lowest BCUT2D eigenvalue weighted by Crippen LogP contribution is -2.35. The minimum absolute atomic E-state index is 0.206. The molecule has 4 heteroatoms. The molecule has 0 radical (unpaired) electrons. The lowest BCUT2D eigenvalue weighted by molar-refractivity contribution is -0.130. The number of hydrogen-bond donors (Lipinski definition) is 0. The molecular weight excluding hydrogens is 360 g/mol. The first kappa shape index (κ1) is 19.2. The topological polar surface area (TPSA) is 41.9 Å². The number of rotatable bonds is 5. The molecule has 0 spiro atoms. The van der Waals surface area contributed by atoms with E-state index in [9.17, 15) is 4.79 Å². The van der Waals surface area contributed by atoms with Crippen LogP contribution in [-0.2, 0) is 9.53 Å². The molecule has 1 saturated heterocycles. The van der Waals surface area contributed by atoms with Crippen LogP contribution in [0.2, 0.25) is 0 Å². The molecule has 2 aliphatic heterocycles. The van der Waals surface area contributed by atoms with Gasteiger partial charge in [0, 0.05) is 25.1 Å². The first-order valence-corrected chi connectivity index (χ1v) is 10.2. The van der Waals surface area contributed by atoms with Gasteiger partial charge < -0.3 is 9.64 Å². The summed E-state index contributed by atoms with van der Waals surface area (Å²) in [6.45, 7) is 3.02. The van der Waals surface area contributed by atoms with E-state index < -0.39 is 0 Å². The van der Waals surface area contributed by atoms with Crippen molar-refractivity contribution in [3.05, 3.63) is 82.9 Å². The lowest BCUT2D eigenvalue weighted by Gasteiger charge is -2.28. The third-order valence-electron chi connectivity index (χ3n) is 5.27. The maximum atomic E-state index is 12.4. The second-order valence-corrected chi connectivity index (χ2v) is 7.36. The molecule has 2 aromatic rings. The number of benzene rings is 2. The average molecular weight is 386 g/mol. The van der Waals surface area contributed by atoms with Gasteiger partial charge in [-0.25, -0.2) is 4.99 Å². The van der Waals surface area contributed by atoms with E-state index in [4.69, 9.17) is 4.74 Å². The highest BCUT2D eigenvalue weighted by atomic mass is 16.5. The van der Waals surface area contributed by atoms with Gasteiger partial charge in [-0.2, -0.15) is 0 Å². The summed E-state index contributed by atoms with van der Waals surface area (Å²) in [5.41, 5.74) is 4.75. The van der Waals surface area contributed by atoms with E-state index in [1.807, 2.05) is 47.4 Å². The highest BCUT2D eigenvalue weighted by molar-refractivity contribution is 5.95. The van der Waals surface area contributed by atoms with Gasteiger partial charge in [-0.1, -0.05) is 66.3 Å². The van der Waals surface area contributed by atoms with Crippen molar-refractivity contribution in [3.63, 3.8) is 0 Å². The molecule has 0 unspecified atom stereocenters. The van der Waals surface area contributed by atoms with E-state index in [2.05, 4.69) is 35.3 Å². The molecule has 2 heterocycles. The average Bonchev–Trinajstić information content (AvgIpc) is 3.30. The molecular formula is C25H26N2O2. The Bertz CT molecular complexity index is 917. The Morgan fingerprint density at radius 3 is 2.45 bits per heavy atom. The van der Waals surface area contributed by atoms with Crippen molar-refractivity contribution >= 4 is 24.0 Å². The van der Waals surface area contributed by atoms with Crippen molar-refractivity contribution in [2.45, 2.75) is 19.3 Å². The van der Waals surface area contributed by atoms with Crippen LogP contribution in [0.4, 0.5) is 0 Å². The second kappa shape index (κ2) is 9.37. The number of carbonyl (C=O) groups excluding carboxylic acids is 1. The molecule has 0 aromatic heterocycles. The zero-order chi connectivity index (χ0) is 19.9. The van der Waals surface area contributed by atoms with Crippen LogP contribution in [-0.4, -0.2) is 42.9 Å². The summed E-state index contributed by atoms with van der Waals surface area (Å²) in [5, 5.41) is 0. The predicted molar refractivity (Wildman–Crippen MR) is 118 cm³/mol. The number of likely N-dealkylation sites (tertiary alicyclic amines) is 1. The van der Waals surface area contributed by atoms with Gasteiger partial charge in [-0.3, -0.25) is 4.79 Å². The Labute approximate surface area is 172 Å². The van der Waals surface area contributed by atoms with Gasteiger partial charge in [0.05, 0.1) is 6.54 Å². The van der Waals surface area contributed by atoms with E-state index in [0.717, 1.165) is 49.5 Å². The molecule has 0 saturated carbocycles. The molecule has 4 rings (SSSR count). The van der Waals surface area contributed by atoms with Gasteiger partial charge in [0.25, 0.3) is 0 Å². The second-order valence-electron chi connectivity index (χ2n) is 7.36. The minimum atomic E-state index is 0.206. The number of amides is 1. The van der Waals surface area contributed by atoms with Crippen LogP contribution < -0.4 is 0 Å². The molecule has 0 bridgehead atoms. The van der Waals surface area contributed by atoms with Crippen LogP contribution in [0.1, 0.15) is 36.0 Å². The number of hydrogen-bond acceptors (Lipinski definition) is 3. The highest BCUT2D eigenvalue weighted by Crippen LogP contribution is 2.21. The summed E-state index contributed by atoms with van der Waals surface area (Å²) in [6, 6.07) is 18.4. The zero-order valence-corrected chi connectivity index (χ0v) is 16.6. The van der Waals surface area contributed by atoms with Gasteiger partial charge in [-0.05, 0) is 36.1 Å². The Balaban J connectivity index is 1.27. The van der Waals surface area contributed by atoms with E-state index in [1.165, 1.54) is 11.1 Å². The van der Waals surface area contributed by atoms with Crippen LogP contribution in [0.3, 0.4) is 0 Å². The molecule has 2 aromatic carbocycles. The highest BCUT2D eigenvalue weighted by Gasteiger charge is 2.18. The standard InChI is InChI=1S/C25H26N2O2/c28-24(8-4-7-20-5-2-1-3-6-20)27-16-13-22(14-17-27)19-21-9-11-23(12-10-21)25-26-15-18-29-25/h1-7,9-12,19H,8,13-18H2/b7-4+. The molecule has 0 N–H and O–H groups in total. The lowest BCUT2D eigenvalue weighted by atomic mass is 10.00. The third-order valence-corrected chi connectivity index (χ3v) is 5.27.